The fourth-order valence-corrected chi connectivity index (χ4v) is 7.32. The molecule has 0 unspecified atom stereocenters. The molecule has 0 radical (unpaired) electrons. The number of ether oxygens (including phenoxy) is 4. The number of β-amino-alcohol motifs (C(OH)–C–C–N with tert-alkyl or cyclic N) is 1. The van der Waals surface area contributed by atoms with Crippen molar-refractivity contribution in [3.63, 3.8) is 0 Å². The molecule has 2 aliphatic rings. The van der Waals surface area contributed by atoms with Crippen molar-refractivity contribution in [1.82, 2.24) is 4.31 Å². The minimum atomic E-state index is -3.83. The smallest absolute Gasteiger partial charge is 0.243 e. The molecule has 0 amide bonds. The summed E-state index contributed by atoms with van der Waals surface area (Å²) >= 11 is 0. The lowest BCUT2D eigenvalue weighted by Gasteiger charge is -2.41. The van der Waals surface area contributed by atoms with Crippen molar-refractivity contribution in [2.24, 2.45) is 0 Å². The summed E-state index contributed by atoms with van der Waals surface area (Å²) in [6.45, 7) is 5.73. The van der Waals surface area contributed by atoms with Gasteiger partial charge in [-0.15, -0.1) is 0 Å². The molecule has 1 N–H and O–H groups in total. The Bertz CT molecular complexity index is 1450. The molecule has 2 aliphatic heterocycles. The summed E-state index contributed by atoms with van der Waals surface area (Å²) in [4.78, 5) is 2.50. The van der Waals surface area contributed by atoms with E-state index in [1.165, 1.54) is 4.31 Å². The predicted octanol–water partition coefficient (Wildman–Crippen LogP) is 4.11. The maximum absolute atomic E-state index is 13.6. The predicted molar refractivity (Wildman–Crippen MR) is 165 cm³/mol. The highest BCUT2D eigenvalue weighted by molar-refractivity contribution is 7.89. The highest BCUT2D eigenvalue weighted by Gasteiger charge is 2.42. The van der Waals surface area contributed by atoms with E-state index < -0.39 is 28.1 Å². The number of piperidine rings is 1. The van der Waals surface area contributed by atoms with E-state index >= 15 is 0 Å². The van der Waals surface area contributed by atoms with E-state index in [1.54, 1.807) is 38.5 Å². The van der Waals surface area contributed by atoms with E-state index in [1.807, 2.05) is 43.3 Å². The van der Waals surface area contributed by atoms with Crippen LogP contribution in [0.25, 0.3) is 0 Å². The van der Waals surface area contributed by atoms with Crippen LogP contribution in [0.5, 0.6) is 5.75 Å². The molecule has 0 bridgehead atoms. The molecule has 10 heteroatoms. The number of benzene rings is 3. The average Bonchev–Trinajstić information content (AvgIpc) is 3.01. The van der Waals surface area contributed by atoms with Gasteiger partial charge in [0.05, 0.1) is 42.5 Å². The second-order valence-corrected chi connectivity index (χ2v) is 13.2. The van der Waals surface area contributed by atoms with Gasteiger partial charge in [0.1, 0.15) is 12.4 Å². The molecule has 0 aromatic heterocycles. The number of methoxy groups -OCH3 is 2. The van der Waals surface area contributed by atoms with Crippen LogP contribution in [-0.4, -0.2) is 83.6 Å². The molecule has 3 aromatic carbocycles. The summed E-state index contributed by atoms with van der Waals surface area (Å²) in [5.41, 5.74) is 4.85. The van der Waals surface area contributed by atoms with Crippen LogP contribution < -0.4 is 9.64 Å². The Morgan fingerprint density at radius 3 is 2.40 bits per heavy atom. The Labute approximate surface area is 255 Å². The molecule has 43 heavy (non-hydrogen) atoms. The van der Waals surface area contributed by atoms with Crippen LogP contribution >= 0.6 is 0 Å². The SMILES string of the molecule is COCCCN1CCOc2ccc(CO[C@@H]3CN(S(=O)(=O)c4ccc(C)cc4)C[C@@H](O)[C@@H]3c3ccc(COC)cc3)cc21. The summed E-state index contributed by atoms with van der Waals surface area (Å²) in [6, 6.07) is 20.7. The van der Waals surface area contributed by atoms with Gasteiger partial charge in [0, 0.05) is 46.4 Å². The molecular weight excluding hydrogens is 568 g/mol. The molecule has 3 aromatic rings. The molecule has 1 saturated heterocycles. The number of nitrogens with zero attached hydrogens (tertiary/aromatic N) is 2. The second kappa shape index (κ2) is 14.2. The number of hydrogen-bond acceptors (Lipinski definition) is 8. The minimum absolute atomic E-state index is 0.0207. The zero-order valence-electron chi connectivity index (χ0n) is 25.1. The van der Waals surface area contributed by atoms with Crippen LogP contribution in [0, 0.1) is 6.92 Å². The van der Waals surface area contributed by atoms with E-state index in [4.69, 9.17) is 18.9 Å². The van der Waals surface area contributed by atoms with Crippen molar-refractivity contribution in [3.05, 3.63) is 89.0 Å². The molecule has 1 fully saturated rings. The van der Waals surface area contributed by atoms with E-state index in [-0.39, 0.29) is 24.6 Å². The highest BCUT2D eigenvalue weighted by atomic mass is 32.2. The lowest BCUT2D eigenvalue weighted by Crippen LogP contribution is -2.53. The monoisotopic (exact) mass is 610 g/mol. The van der Waals surface area contributed by atoms with Crippen LogP contribution in [0.15, 0.2) is 71.6 Å². The Balaban J connectivity index is 1.39. The third-order valence-corrected chi connectivity index (χ3v) is 9.99. The molecule has 5 rings (SSSR count). The molecule has 0 spiro atoms. The Kier molecular flexibility index (Phi) is 10.4. The van der Waals surface area contributed by atoms with Crippen LogP contribution in [0.3, 0.4) is 0 Å². The topological polar surface area (TPSA) is 97.8 Å². The summed E-state index contributed by atoms with van der Waals surface area (Å²) in [7, 11) is -0.477. The second-order valence-electron chi connectivity index (χ2n) is 11.2. The van der Waals surface area contributed by atoms with E-state index in [0.29, 0.717) is 19.8 Å². The summed E-state index contributed by atoms with van der Waals surface area (Å²) in [5, 5.41) is 11.4. The van der Waals surface area contributed by atoms with E-state index in [0.717, 1.165) is 53.2 Å². The Hall–Kier alpha value is -2.99. The number of aryl methyl sites for hydroxylation is 1. The number of sulfonamides is 1. The van der Waals surface area contributed by atoms with Crippen molar-refractivity contribution >= 4 is 15.7 Å². The van der Waals surface area contributed by atoms with Gasteiger partial charge in [-0.05, 0) is 54.3 Å². The molecule has 232 valence electrons. The van der Waals surface area contributed by atoms with E-state index in [2.05, 4.69) is 11.0 Å². The van der Waals surface area contributed by atoms with Crippen LogP contribution in [0.1, 0.15) is 34.6 Å². The van der Waals surface area contributed by atoms with Crippen molar-refractivity contribution in [2.75, 3.05) is 58.5 Å². The first-order valence-corrected chi connectivity index (χ1v) is 16.2. The average molecular weight is 611 g/mol. The summed E-state index contributed by atoms with van der Waals surface area (Å²) < 4.78 is 51.5. The standard InChI is InChI=1S/C33H42N2O7S/c1-24-5-12-28(13-6-24)43(37,38)35-20-30(36)33(27-10-7-25(8-11-27)22-40-3)32(21-35)42-23-26-9-14-31-29(19-26)34(16-18-41-31)15-4-17-39-2/h5-14,19,30,32-33,36H,4,15-18,20-23H2,1-3H3/t30-,32-,33+/m1/s1. The minimum Gasteiger partial charge on any atom is -0.490 e. The first-order valence-electron chi connectivity index (χ1n) is 14.7. The van der Waals surface area contributed by atoms with Crippen molar-refractivity contribution in [1.29, 1.82) is 0 Å². The largest absolute Gasteiger partial charge is 0.490 e. The van der Waals surface area contributed by atoms with E-state index in [9.17, 15) is 13.5 Å². The van der Waals surface area contributed by atoms with Gasteiger partial charge in [-0.3, -0.25) is 0 Å². The van der Waals surface area contributed by atoms with Gasteiger partial charge in [-0.2, -0.15) is 4.31 Å². The van der Waals surface area contributed by atoms with Gasteiger partial charge in [0.15, 0.2) is 0 Å². The maximum Gasteiger partial charge on any atom is 0.243 e. The Morgan fingerprint density at radius 2 is 1.67 bits per heavy atom. The quantitative estimate of drug-likeness (QED) is 0.306. The van der Waals surface area contributed by atoms with Gasteiger partial charge in [0.25, 0.3) is 0 Å². The van der Waals surface area contributed by atoms with Gasteiger partial charge in [-0.25, -0.2) is 8.42 Å². The van der Waals surface area contributed by atoms with Crippen molar-refractivity contribution in [2.45, 2.75) is 49.6 Å². The normalized spacial score (nSPS) is 20.9. The summed E-state index contributed by atoms with van der Waals surface area (Å²) in [5.74, 6) is 0.428. The number of hydrogen-bond donors (Lipinski definition) is 1. The lowest BCUT2D eigenvalue weighted by atomic mass is 9.85. The first-order chi connectivity index (χ1) is 20.8. The fraction of sp³-hybridized carbons (Fsp3) is 0.455. The molecule has 3 atom stereocenters. The first kappa shape index (κ1) is 31.4. The molecule has 0 saturated carbocycles. The molecule has 0 aliphatic carbocycles. The zero-order chi connectivity index (χ0) is 30.4. The van der Waals surface area contributed by atoms with Gasteiger partial charge in [0.2, 0.25) is 10.0 Å². The zero-order valence-corrected chi connectivity index (χ0v) is 26.0. The number of anilines is 1. The van der Waals surface area contributed by atoms with Crippen molar-refractivity contribution in [3.8, 4) is 5.75 Å². The lowest BCUT2D eigenvalue weighted by molar-refractivity contribution is -0.0534. The van der Waals surface area contributed by atoms with Crippen LogP contribution in [0.2, 0.25) is 0 Å². The molecule has 2 heterocycles. The third-order valence-electron chi connectivity index (χ3n) is 8.15. The summed E-state index contributed by atoms with van der Waals surface area (Å²) in [6.07, 6.45) is -0.630. The number of fused-ring (bicyclic) bond motifs is 1. The van der Waals surface area contributed by atoms with Gasteiger partial charge in [-0.1, -0.05) is 48.0 Å². The van der Waals surface area contributed by atoms with Gasteiger partial charge >= 0.3 is 0 Å². The third kappa shape index (κ3) is 7.39. The number of rotatable bonds is 12. The highest BCUT2D eigenvalue weighted by Crippen LogP contribution is 2.36. The Morgan fingerprint density at radius 1 is 0.930 bits per heavy atom. The van der Waals surface area contributed by atoms with Crippen molar-refractivity contribution < 1.29 is 32.5 Å². The fourth-order valence-electron chi connectivity index (χ4n) is 5.85. The van der Waals surface area contributed by atoms with Crippen LogP contribution in [0.4, 0.5) is 5.69 Å². The molecule has 9 nitrogen and oxygen atoms in total. The van der Waals surface area contributed by atoms with Crippen LogP contribution in [-0.2, 0) is 37.4 Å². The molecular formula is C33H42N2O7S. The number of aliphatic hydroxyl groups is 1. The number of aliphatic hydroxyl groups excluding tert-OH is 1. The maximum atomic E-state index is 13.6. The van der Waals surface area contributed by atoms with Gasteiger partial charge < -0.3 is 29.0 Å².